The topological polar surface area (TPSA) is 137 Å². The lowest BCUT2D eigenvalue weighted by atomic mass is 10.2. The highest BCUT2D eigenvalue weighted by atomic mass is 32.1. The first-order valence-corrected chi connectivity index (χ1v) is 7.42. The minimum absolute atomic E-state index is 0.0454. The first-order valence-electron chi connectivity index (χ1n) is 7.01. The zero-order valence-corrected chi connectivity index (χ0v) is 14.1. The van der Waals surface area contributed by atoms with Crippen LogP contribution in [0.2, 0.25) is 0 Å². The summed E-state index contributed by atoms with van der Waals surface area (Å²) in [5, 5.41) is 26.6. The molecule has 0 atom stereocenters. The summed E-state index contributed by atoms with van der Waals surface area (Å²) in [4.78, 5) is 32.6. The van der Waals surface area contributed by atoms with E-state index in [1.54, 1.807) is 0 Å². The highest BCUT2D eigenvalue weighted by molar-refractivity contribution is 7.80. The molecular formula is C15H12N4O6S. The molecule has 0 aliphatic rings. The molecular weight excluding hydrogens is 364 g/mol. The van der Waals surface area contributed by atoms with E-state index in [1.807, 2.05) is 0 Å². The lowest BCUT2D eigenvalue weighted by molar-refractivity contribution is -0.385. The van der Waals surface area contributed by atoms with Gasteiger partial charge in [0.2, 0.25) is 0 Å². The maximum absolute atomic E-state index is 12.1. The van der Waals surface area contributed by atoms with Gasteiger partial charge in [0.25, 0.3) is 11.6 Å². The van der Waals surface area contributed by atoms with Crippen molar-refractivity contribution in [1.82, 2.24) is 5.32 Å². The smallest absolute Gasteiger partial charge is 0.312 e. The van der Waals surface area contributed by atoms with Crippen LogP contribution >= 0.6 is 12.2 Å². The van der Waals surface area contributed by atoms with Crippen molar-refractivity contribution in [2.24, 2.45) is 0 Å². The van der Waals surface area contributed by atoms with Crippen LogP contribution in [0.5, 0.6) is 5.75 Å². The van der Waals surface area contributed by atoms with Gasteiger partial charge < -0.3 is 10.1 Å². The number of benzene rings is 2. The van der Waals surface area contributed by atoms with Gasteiger partial charge in [-0.2, -0.15) is 0 Å². The number of thiocarbonyl (C=S) groups is 1. The molecule has 11 heteroatoms. The van der Waals surface area contributed by atoms with Crippen molar-refractivity contribution in [3.8, 4) is 5.75 Å². The van der Waals surface area contributed by atoms with Crippen molar-refractivity contribution >= 4 is 40.3 Å². The molecule has 0 saturated carbocycles. The number of nitro groups is 2. The Morgan fingerprint density at radius 3 is 2.46 bits per heavy atom. The fraction of sp³-hybridized carbons (Fsp3) is 0.0667. The Balaban J connectivity index is 2.10. The Morgan fingerprint density at radius 1 is 1.12 bits per heavy atom. The van der Waals surface area contributed by atoms with Crippen LogP contribution in [-0.2, 0) is 0 Å². The normalized spacial score (nSPS) is 9.88. The number of carbonyl (C=O) groups excluding carboxylic acids is 1. The average molecular weight is 376 g/mol. The van der Waals surface area contributed by atoms with E-state index >= 15 is 0 Å². The van der Waals surface area contributed by atoms with Gasteiger partial charge in [0.15, 0.2) is 10.9 Å². The Morgan fingerprint density at radius 2 is 1.85 bits per heavy atom. The molecule has 0 heterocycles. The largest absolute Gasteiger partial charge is 0.490 e. The fourth-order valence-electron chi connectivity index (χ4n) is 2.01. The Kier molecular flexibility index (Phi) is 5.75. The molecule has 10 nitrogen and oxygen atoms in total. The Hall–Kier alpha value is -3.60. The lowest BCUT2D eigenvalue weighted by Gasteiger charge is -2.10. The first kappa shape index (κ1) is 18.7. The molecule has 134 valence electrons. The highest BCUT2D eigenvalue weighted by Gasteiger charge is 2.17. The monoisotopic (exact) mass is 376 g/mol. The van der Waals surface area contributed by atoms with E-state index in [1.165, 1.54) is 43.5 Å². The molecule has 0 radical (unpaired) electrons. The SMILES string of the molecule is COc1ccc(NC(=S)NC(=O)c2cccc([N+](=O)[O-])c2)cc1[N+](=O)[O-]. The molecule has 0 unspecified atom stereocenters. The summed E-state index contributed by atoms with van der Waals surface area (Å²) in [6.07, 6.45) is 0. The third-order valence-corrected chi connectivity index (χ3v) is 3.38. The van der Waals surface area contributed by atoms with Crippen LogP contribution in [0, 0.1) is 20.2 Å². The molecule has 2 rings (SSSR count). The van der Waals surface area contributed by atoms with Gasteiger partial charge in [-0.25, -0.2) is 0 Å². The predicted octanol–water partition coefficient (Wildman–Crippen LogP) is 2.64. The molecule has 0 aromatic heterocycles. The lowest BCUT2D eigenvalue weighted by Crippen LogP contribution is -2.34. The summed E-state index contributed by atoms with van der Waals surface area (Å²) in [6.45, 7) is 0. The minimum atomic E-state index is -0.658. The van der Waals surface area contributed by atoms with Gasteiger partial charge in [0.1, 0.15) is 0 Å². The maximum atomic E-state index is 12.1. The van der Waals surface area contributed by atoms with Crippen LogP contribution in [0.3, 0.4) is 0 Å². The van der Waals surface area contributed by atoms with Crippen LogP contribution < -0.4 is 15.4 Å². The number of carbonyl (C=O) groups is 1. The van der Waals surface area contributed by atoms with Gasteiger partial charge >= 0.3 is 5.69 Å². The zero-order chi connectivity index (χ0) is 19.3. The second-order valence-corrected chi connectivity index (χ2v) is 5.27. The zero-order valence-electron chi connectivity index (χ0n) is 13.3. The third kappa shape index (κ3) is 4.48. The number of non-ortho nitro benzene ring substituents is 1. The molecule has 0 aliphatic carbocycles. The number of rotatable bonds is 5. The third-order valence-electron chi connectivity index (χ3n) is 3.18. The molecule has 26 heavy (non-hydrogen) atoms. The summed E-state index contributed by atoms with van der Waals surface area (Å²) in [5.74, 6) is -0.582. The maximum Gasteiger partial charge on any atom is 0.312 e. The number of ether oxygens (including phenoxy) is 1. The molecule has 0 spiro atoms. The Bertz CT molecular complexity index is 901. The summed E-state index contributed by atoms with van der Waals surface area (Å²) in [5.41, 5.74) is -0.196. The number of amides is 1. The number of nitrogens with one attached hydrogen (secondary N) is 2. The highest BCUT2D eigenvalue weighted by Crippen LogP contribution is 2.29. The van der Waals surface area contributed by atoms with Crippen molar-refractivity contribution in [2.75, 3.05) is 12.4 Å². The van der Waals surface area contributed by atoms with Gasteiger partial charge in [-0.3, -0.25) is 30.3 Å². The van der Waals surface area contributed by atoms with Crippen LogP contribution in [-0.4, -0.2) is 28.0 Å². The van der Waals surface area contributed by atoms with Gasteiger partial charge in [-0.15, -0.1) is 0 Å². The van der Waals surface area contributed by atoms with Crippen molar-refractivity contribution in [3.05, 3.63) is 68.3 Å². The predicted molar refractivity (Wildman–Crippen MR) is 96.4 cm³/mol. The molecule has 2 aromatic rings. The van der Waals surface area contributed by atoms with Crippen molar-refractivity contribution < 1.29 is 19.4 Å². The summed E-state index contributed by atoms with van der Waals surface area (Å²) < 4.78 is 4.89. The van der Waals surface area contributed by atoms with Crippen molar-refractivity contribution in [1.29, 1.82) is 0 Å². The van der Waals surface area contributed by atoms with Crippen LogP contribution in [0.25, 0.3) is 0 Å². The van der Waals surface area contributed by atoms with Gasteiger partial charge in [0, 0.05) is 29.4 Å². The average Bonchev–Trinajstić information content (AvgIpc) is 2.61. The van der Waals surface area contributed by atoms with Crippen molar-refractivity contribution in [2.45, 2.75) is 0 Å². The van der Waals surface area contributed by atoms with Crippen molar-refractivity contribution in [3.63, 3.8) is 0 Å². The summed E-state index contributed by atoms with van der Waals surface area (Å²) in [7, 11) is 1.30. The molecule has 0 bridgehead atoms. The molecule has 2 N–H and O–H groups in total. The van der Waals surface area contributed by atoms with Crippen LogP contribution in [0.15, 0.2) is 42.5 Å². The molecule has 0 fully saturated rings. The molecule has 2 aromatic carbocycles. The van der Waals surface area contributed by atoms with E-state index in [0.29, 0.717) is 0 Å². The number of methoxy groups -OCH3 is 1. The molecule has 1 amide bonds. The van der Waals surface area contributed by atoms with E-state index in [-0.39, 0.29) is 33.5 Å². The first-order chi connectivity index (χ1) is 12.3. The number of nitro benzene ring substituents is 2. The van der Waals surface area contributed by atoms with Crippen LogP contribution in [0.4, 0.5) is 17.1 Å². The fourth-order valence-corrected chi connectivity index (χ4v) is 2.22. The van der Waals surface area contributed by atoms with E-state index in [9.17, 15) is 25.0 Å². The van der Waals surface area contributed by atoms with E-state index in [4.69, 9.17) is 17.0 Å². The van der Waals surface area contributed by atoms with E-state index in [0.717, 1.165) is 6.07 Å². The number of nitrogens with zero attached hydrogens (tertiary/aromatic N) is 2. The quantitative estimate of drug-likeness (QED) is 0.461. The summed E-state index contributed by atoms with van der Waals surface area (Å²) >= 11 is 4.99. The van der Waals surface area contributed by atoms with E-state index < -0.39 is 15.8 Å². The minimum Gasteiger partial charge on any atom is -0.490 e. The Labute approximate surface area is 152 Å². The van der Waals surface area contributed by atoms with Gasteiger partial charge in [-0.05, 0) is 30.4 Å². The number of hydrogen-bond acceptors (Lipinski definition) is 7. The van der Waals surface area contributed by atoms with Gasteiger partial charge in [-0.1, -0.05) is 6.07 Å². The molecule has 0 aliphatic heterocycles. The van der Waals surface area contributed by atoms with Crippen LogP contribution in [0.1, 0.15) is 10.4 Å². The second-order valence-electron chi connectivity index (χ2n) is 4.86. The second kappa shape index (κ2) is 7.98. The van der Waals surface area contributed by atoms with Gasteiger partial charge in [0.05, 0.1) is 17.0 Å². The molecule has 0 saturated heterocycles. The summed E-state index contributed by atoms with van der Waals surface area (Å²) in [6, 6.07) is 9.19. The van der Waals surface area contributed by atoms with E-state index in [2.05, 4.69) is 10.6 Å². The standard InChI is InChI=1S/C15H12N4O6S/c1-25-13-6-5-10(8-12(13)19(23)24)16-15(26)17-14(20)9-3-2-4-11(7-9)18(21)22/h2-8H,1H3,(H2,16,17,20,26). The number of hydrogen-bond donors (Lipinski definition) is 2. The number of anilines is 1.